The maximum atomic E-state index is 9.58. The molecule has 0 aliphatic rings. The number of benzene rings is 3. The summed E-state index contributed by atoms with van der Waals surface area (Å²) in [4.78, 5) is 4.54. The van der Waals surface area contributed by atoms with Crippen LogP contribution in [0.4, 0.5) is 0 Å². The zero-order chi connectivity index (χ0) is 19.7. The molecule has 0 amide bonds. The zero-order valence-corrected chi connectivity index (χ0v) is 16.7. The van der Waals surface area contributed by atoms with Gasteiger partial charge in [-0.15, -0.1) is 0 Å². The molecule has 1 aromatic heterocycles. The maximum Gasteiger partial charge on any atom is 0.146 e. The van der Waals surface area contributed by atoms with Crippen LogP contribution in [-0.4, -0.2) is 14.7 Å². The summed E-state index contributed by atoms with van der Waals surface area (Å²) in [6.45, 7) is 1.90. The number of aryl methyl sites for hydroxylation is 1. The van der Waals surface area contributed by atoms with Crippen molar-refractivity contribution in [1.82, 2.24) is 9.55 Å². The van der Waals surface area contributed by atoms with E-state index < -0.39 is 0 Å². The van der Waals surface area contributed by atoms with Gasteiger partial charge in [0.1, 0.15) is 5.82 Å². The molecule has 0 aliphatic heterocycles. The van der Waals surface area contributed by atoms with Crippen molar-refractivity contribution in [2.45, 2.75) is 13.5 Å². The lowest BCUT2D eigenvalue weighted by molar-refractivity contribution is 0.277. The Kier molecular flexibility index (Phi) is 5.23. The number of halogens is 2. The Bertz CT molecular complexity index is 1150. The monoisotopic (exact) mass is 408 g/mol. The van der Waals surface area contributed by atoms with Crippen molar-refractivity contribution < 1.29 is 5.11 Å². The molecule has 3 aromatic carbocycles. The molecule has 0 fully saturated rings. The standard InChI is InChI=1S/C23H18Cl2N2O/c1-15-5-4-6-16(11-15)17-9-10-22(21(25)12-17)27-13-18(14-28)26-23(27)19-7-2-3-8-20(19)24/h2-13,28H,14H2,1H3. The highest BCUT2D eigenvalue weighted by Crippen LogP contribution is 2.33. The summed E-state index contributed by atoms with van der Waals surface area (Å²) in [5.41, 5.74) is 5.46. The number of nitrogens with zero attached hydrogens (tertiary/aromatic N) is 2. The molecule has 3 nitrogen and oxygen atoms in total. The van der Waals surface area contributed by atoms with E-state index in [1.54, 1.807) is 6.20 Å². The van der Waals surface area contributed by atoms with E-state index in [9.17, 15) is 5.11 Å². The minimum absolute atomic E-state index is 0.163. The van der Waals surface area contributed by atoms with Gasteiger partial charge in [-0.2, -0.15) is 0 Å². The first-order valence-electron chi connectivity index (χ1n) is 8.88. The van der Waals surface area contributed by atoms with Crippen molar-refractivity contribution in [3.8, 4) is 28.2 Å². The van der Waals surface area contributed by atoms with Gasteiger partial charge in [0.15, 0.2) is 0 Å². The Morgan fingerprint density at radius 3 is 2.39 bits per heavy atom. The average molecular weight is 409 g/mol. The SMILES string of the molecule is Cc1cccc(-c2ccc(-n3cc(CO)nc3-c3ccccc3Cl)c(Cl)c2)c1. The zero-order valence-electron chi connectivity index (χ0n) is 15.2. The first-order valence-corrected chi connectivity index (χ1v) is 9.63. The number of hydrogen-bond acceptors (Lipinski definition) is 2. The Hall–Kier alpha value is -2.59. The third-order valence-electron chi connectivity index (χ3n) is 4.59. The first-order chi connectivity index (χ1) is 13.6. The molecule has 0 saturated carbocycles. The fourth-order valence-electron chi connectivity index (χ4n) is 3.23. The Balaban J connectivity index is 1.84. The van der Waals surface area contributed by atoms with E-state index in [0.29, 0.717) is 21.6 Å². The van der Waals surface area contributed by atoms with E-state index in [-0.39, 0.29) is 6.61 Å². The summed E-state index contributed by atoms with van der Waals surface area (Å²) >= 11 is 13.0. The number of aromatic nitrogens is 2. The smallest absolute Gasteiger partial charge is 0.146 e. The summed E-state index contributed by atoms with van der Waals surface area (Å²) in [5.74, 6) is 0.639. The van der Waals surface area contributed by atoms with E-state index in [2.05, 4.69) is 30.1 Å². The van der Waals surface area contributed by atoms with Gasteiger partial charge in [-0.1, -0.05) is 71.2 Å². The molecule has 0 spiro atoms. The Labute approximate surface area is 173 Å². The molecule has 1 N–H and O–H groups in total. The van der Waals surface area contributed by atoms with E-state index in [4.69, 9.17) is 23.2 Å². The maximum absolute atomic E-state index is 9.58. The molecule has 0 atom stereocenters. The number of imidazole rings is 1. The van der Waals surface area contributed by atoms with Crippen LogP contribution in [0.5, 0.6) is 0 Å². The molecule has 0 unspecified atom stereocenters. The molecule has 28 heavy (non-hydrogen) atoms. The van der Waals surface area contributed by atoms with Gasteiger partial charge in [0, 0.05) is 11.8 Å². The third-order valence-corrected chi connectivity index (χ3v) is 5.22. The van der Waals surface area contributed by atoms with Crippen molar-refractivity contribution in [3.05, 3.63) is 94.2 Å². The van der Waals surface area contributed by atoms with E-state index in [1.807, 2.05) is 53.1 Å². The molecule has 0 bridgehead atoms. The predicted octanol–water partition coefficient (Wildman–Crippen LogP) is 6.31. The first kappa shape index (κ1) is 18.8. The van der Waals surface area contributed by atoms with Gasteiger partial charge >= 0.3 is 0 Å². The van der Waals surface area contributed by atoms with Crippen molar-refractivity contribution in [1.29, 1.82) is 0 Å². The van der Waals surface area contributed by atoms with Gasteiger partial charge in [-0.25, -0.2) is 4.98 Å². The number of aliphatic hydroxyl groups excluding tert-OH is 1. The summed E-state index contributed by atoms with van der Waals surface area (Å²) in [7, 11) is 0. The third kappa shape index (κ3) is 3.57. The lowest BCUT2D eigenvalue weighted by Gasteiger charge is -2.12. The minimum atomic E-state index is -0.163. The Morgan fingerprint density at radius 1 is 0.893 bits per heavy atom. The van der Waals surface area contributed by atoms with Gasteiger partial charge < -0.3 is 5.11 Å². The molecule has 4 rings (SSSR count). The summed E-state index contributed by atoms with van der Waals surface area (Å²) in [5, 5.41) is 10.8. The summed E-state index contributed by atoms with van der Waals surface area (Å²) in [6, 6.07) is 21.7. The lowest BCUT2D eigenvalue weighted by Crippen LogP contribution is -1.98. The van der Waals surface area contributed by atoms with Gasteiger partial charge in [0.05, 0.1) is 28.0 Å². The number of hydrogen-bond donors (Lipinski definition) is 1. The quantitative estimate of drug-likeness (QED) is 0.429. The van der Waals surface area contributed by atoms with E-state index >= 15 is 0 Å². The number of aliphatic hydroxyl groups is 1. The second-order valence-corrected chi connectivity index (χ2v) is 7.41. The van der Waals surface area contributed by atoms with Crippen LogP contribution in [0.25, 0.3) is 28.2 Å². The topological polar surface area (TPSA) is 38.0 Å². The highest BCUT2D eigenvalue weighted by Gasteiger charge is 2.16. The molecule has 0 radical (unpaired) electrons. The molecule has 140 valence electrons. The van der Waals surface area contributed by atoms with Gasteiger partial charge in [-0.3, -0.25) is 4.57 Å². The van der Waals surface area contributed by atoms with E-state index in [1.165, 1.54) is 5.56 Å². The molecular weight excluding hydrogens is 391 g/mol. The molecule has 4 aromatic rings. The fourth-order valence-corrected chi connectivity index (χ4v) is 3.72. The van der Waals surface area contributed by atoms with Crippen molar-refractivity contribution >= 4 is 23.2 Å². The van der Waals surface area contributed by atoms with Crippen LogP contribution in [0.15, 0.2) is 72.9 Å². The largest absolute Gasteiger partial charge is 0.390 e. The second-order valence-electron chi connectivity index (χ2n) is 6.60. The van der Waals surface area contributed by atoms with Crippen LogP contribution in [0, 0.1) is 6.92 Å². The van der Waals surface area contributed by atoms with Crippen LogP contribution < -0.4 is 0 Å². The van der Waals surface area contributed by atoms with Crippen molar-refractivity contribution in [3.63, 3.8) is 0 Å². The lowest BCUT2D eigenvalue weighted by atomic mass is 10.0. The molecule has 0 aliphatic carbocycles. The summed E-state index contributed by atoms with van der Waals surface area (Å²) in [6.07, 6.45) is 1.78. The highest BCUT2D eigenvalue weighted by molar-refractivity contribution is 6.33. The second kappa shape index (κ2) is 7.80. The average Bonchev–Trinajstić information content (AvgIpc) is 3.12. The molecular formula is C23H18Cl2N2O. The Morgan fingerprint density at radius 2 is 1.68 bits per heavy atom. The highest BCUT2D eigenvalue weighted by atomic mass is 35.5. The van der Waals surface area contributed by atoms with Crippen LogP contribution in [0.3, 0.4) is 0 Å². The molecule has 0 saturated heterocycles. The van der Waals surface area contributed by atoms with Gasteiger partial charge in [0.25, 0.3) is 0 Å². The molecule has 1 heterocycles. The van der Waals surface area contributed by atoms with Crippen molar-refractivity contribution in [2.75, 3.05) is 0 Å². The van der Waals surface area contributed by atoms with Crippen molar-refractivity contribution in [2.24, 2.45) is 0 Å². The van der Waals surface area contributed by atoms with Crippen LogP contribution >= 0.6 is 23.2 Å². The minimum Gasteiger partial charge on any atom is -0.390 e. The predicted molar refractivity (Wildman–Crippen MR) is 115 cm³/mol. The number of rotatable bonds is 4. The fraction of sp³-hybridized carbons (Fsp3) is 0.0870. The van der Waals surface area contributed by atoms with Crippen LogP contribution in [0.2, 0.25) is 10.0 Å². The molecule has 5 heteroatoms. The van der Waals surface area contributed by atoms with Gasteiger partial charge in [-0.05, 0) is 42.3 Å². The van der Waals surface area contributed by atoms with Crippen LogP contribution in [-0.2, 0) is 6.61 Å². The normalized spacial score (nSPS) is 11.0. The van der Waals surface area contributed by atoms with Crippen LogP contribution in [0.1, 0.15) is 11.3 Å². The van der Waals surface area contributed by atoms with Gasteiger partial charge in [0.2, 0.25) is 0 Å². The van der Waals surface area contributed by atoms with E-state index in [0.717, 1.165) is 22.4 Å². The summed E-state index contributed by atoms with van der Waals surface area (Å²) < 4.78 is 1.87.